The number of β-amino-alcohol motifs (C(OH)–C–C–N with tert-alkyl or cyclic N) is 1. The number of nitrogens with zero attached hydrogens (tertiary/aromatic N) is 1. The maximum Gasteiger partial charge on any atom is 0.243 e. The van der Waals surface area contributed by atoms with Crippen LogP contribution in [0.2, 0.25) is 10.0 Å². The normalized spacial score (nSPS) is 21.9. The lowest BCUT2D eigenvalue weighted by Gasteiger charge is -2.16. The zero-order valence-corrected chi connectivity index (χ0v) is 11.1. The maximum atomic E-state index is 12.2. The average Bonchev–Trinajstić information content (AvgIpc) is 2.64. The molecule has 0 aliphatic carbocycles. The predicted octanol–water partition coefficient (Wildman–Crippen LogP) is 1.75. The summed E-state index contributed by atoms with van der Waals surface area (Å²) in [7, 11) is -3.61. The lowest BCUT2D eigenvalue weighted by molar-refractivity contribution is 0.189. The van der Waals surface area contributed by atoms with E-state index in [1.54, 1.807) is 0 Å². The summed E-state index contributed by atoms with van der Waals surface area (Å²) < 4.78 is 25.6. The second kappa shape index (κ2) is 4.74. The first-order chi connectivity index (χ1) is 7.89. The molecule has 0 bridgehead atoms. The van der Waals surface area contributed by atoms with E-state index in [0.717, 1.165) is 0 Å². The van der Waals surface area contributed by atoms with Crippen molar-refractivity contribution in [3.8, 4) is 0 Å². The number of aliphatic hydroxyl groups is 1. The number of halogens is 2. The minimum absolute atomic E-state index is 0.0594. The Morgan fingerprint density at radius 3 is 2.29 bits per heavy atom. The molecule has 1 atom stereocenters. The molecule has 17 heavy (non-hydrogen) atoms. The summed E-state index contributed by atoms with van der Waals surface area (Å²) in [6, 6.07) is 4.18. The molecule has 1 aliphatic rings. The molecule has 1 fully saturated rings. The average molecular weight is 296 g/mol. The fourth-order valence-electron chi connectivity index (χ4n) is 1.76. The third-order valence-corrected chi connectivity index (χ3v) is 4.88. The van der Waals surface area contributed by atoms with Crippen LogP contribution in [0.15, 0.2) is 23.1 Å². The van der Waals surface area contributed by atoms with Gasteiger partial charge in [0, 0.05) is 23.1 Å². The quantitative estimate of drug-likeness (QED) is 0.904. The molecule has 7 heteroatoms. The minimum atomic E-state index is -3.61. The van der Waals surface area contributed by atoms with Crippen LogP contribution in [-0.2, 0) is 10.0 Å². The number of hydrogen-bond donors (Lipinski definition) is 1. The topological polar surface area (TPSA) is 57.6 Å². The van der Waals surface area contributed by atoms with Crippen LogP contribution in [0.3, 0.4) is 0 Å². The predicted molar refractivity (Wildman–Crippen MR) is 65.8 cm³/mol. The van der Waals surface area contributed by atoms with E-state index in [0.29, 0.717) is 13.0 Å². The molecular formula is C10H11Cl2NO3S. The van der Waals surface area contributed by atoms with Crippen LogP contribution in [0.4, 0.5) is 0 Å². The molecule has 1 aromatic rings. The summed E-state index contributed by atoms with van der Waals surface area (Å²) in [4.78, 5) is 0.0594. The van der Waals surface area contributed by atoms with Crippen LogP contribution in [0.1, 0.15) is 6.42 Å². The van der Waals surface area contributed by atoms with Gasteiger partial charge in [-0.3, -0.25) is 0 Å². The van der Waals surface area contributed by atoms with Gasteiger partial charge in [0.05, 0.1) is 11.0 Å². The number of aliphatic hydroxyl groups excluding tert-OH is 1. The second-order valence-corrected chi connectivity index (χ2v) is 6.72. The molecule has 1 N–H and O–H groups in total. The molecule has 1 saturated heterocycles. The molecule has 0 amide bonds. The Hall–Kier alpha value is -0.330. The summed E-state index contributed by atoms with van der Waals surface area (Å²) in [5.74, 6) is 0. The highest BCUT2D eigenvalue weighted by atomic mass is 35.5. The van der Waals surface area contributed by atoms with Gasteiger partial charge in [0.1, 0.15) is 0 Å². The Bertz CT molecular complexity index is 512. The highest BCUT2D eigenvalue weighted by molar-refractivity contribution is 7.89. The molecule has 1 heterocycles. The highest BCUT2D eigenvalue weighted by Gasteiger charge is 2.31. The standard InChI is InChI=1S/C10H11Cl2NO3S/c11-7-3-8(12)5-10(4-7)17(15,16)13-2-1-9(14)6-13/h3-5,9,14H,1-2,6H2. The van der Waals surface area contributed by atoms with Crippen LogP contribution in [0.5, 0.6) is 0 Å². The summed E-state index contributed by atoms with van der Waals surface area (Å²) in [6.07, 6.45) is -0.146. The smallest absolute Gasteiger partial charge is 0.243 e. The summed E-state index contributed by atoms with van der Waals surface area (Å²) >= 11 is 11.5. The van der Waals surface area contributed by atoms with Gasteiger partial charge in [0.2, 0.25) is 10.0 Å². The van der Waals surface area contributed by atoms with E-state index >= 15 is 0 Å². The molecule has 94 valence electrons. The van der Waals surface area contributed by atoms with Crippen molar-refractivity contribution >= 4 is 33.2 Å². The fraction of sp³-hybridized carbons (Fsp3) is 0.400. The van der Waals surface area contributed by atoms with Gasteiger partial charge in [-0.25, -0.2) is 8.42 Å². The molecule has 1 aliphatic heterocycles. The fourth-order valence-corrected chi connectivity index (χ4v) is 3.97. The largest absolute Gasteiger partial charge is 0.392 e. The first kappa shape index (κ1) is 13.1. The van der Waals surface area contributed by atoms with Crippen molar-refractivity contribution in [1.82, 2.24) is 4.31 Å². The van der Waals surface area contributed by atoms with Crippen molar-refractivity contribution < 1.29 is 13.5 Å². The first-order valence-electron chi connectivity index (χ1n) is 5.04. The zero-order valence-electron chi connectivity index (χ0n) is 8.81. The van der Waals surface area contributed by atoms with Gasteiger partial charge in [0.15, 0.2) is 0 Å². The van der Waals surface area contributed by atoms with Gasteiger partial charge in [-0.15, -0.1) is 0 Å². The van der Waals surface area contributed by atoms with E-state index in [1.165, 1.54) is 22.5 Å². The molecule has 1 unspecified atom stereocenters. The molecule has 0 saturated carbocycles. The molecule has 1 aromatic carbocycles. The van der Waals surface area contributed by atoms with Crippen LogP contribution < -0.4 is 0 Å². The van der Waals surface area contributed by atoms with E-state index in [9.17, 15) is 13.5 Å². The van der Waals surface area contributed by atoms with Gasteiger partial charge in [-0.05, 0) is 24.6 Å². The van der Waals surface area contributed by atoms with Crippen molar-refractivity contribution in [3.63, 3.8) is 0 Å². The number of sulfonamides is 1. The summed E-state index contributed by atoms with van der Waals surface area (Å²) in [5.41, 5.74) is 0. The number of hydrogen-bond acceptors (Lipinski definition) is 3. The van der Waals surface area contributed by atoms with E-state index in [-0.39, 0.29) is 21.5 Å². The van der Waals surface area contributed by atoms with Crippen molar-refractivity contribution in [2.75, 3.05) is 13.1 Å². The van der Waals surface area contributed by atoms with Crippen molar-refractivity contribution in [3.05, 3.63) is 28.2 Å². The van der Waals surface area contributed by atoms with E-state index < -0.39 is 16.1 Å². The SMILES string of the molecule is O=S(=O)(c1cc(Cl)cc(Cl)c1)N1CCC(O)C1. The monoisotopic (exact) mass is 295 g/mol. The third-order valence-electron chi connectivity index (χ3n) is 2.60. The first-order valence-corrected chi connectivity index (χ1v) is 7.23. The molecular weight excluding hydrogens is 285 g/mol. The number of benzene rings is 1. The van der Waals surface area contributed by atoms with Gasteiger partial charge in [-0.1, -0.05) is 23.2 Å². The molecule has 4 nitrogen and oxygen atoms in total. The molecule has 0 radical (unpaired) electrons. The number of rotatable bonds is 2. The zero-order chi connectivity index (χ0) is 12.6. The highest BCUT2D eigenvalue weighted by Crippen LogP contribution is 2.26. The molecule has 2 rings (SSSR count). The summed E-state index contributed by atoms with van der Waals surface area (Å²) in [6.45, 7) is 0.431. The Morgan fingerprint density at radius 2 is 1.82 bits per heavy atom. The van der Waals surface area contributed by atoms with Crippen molar-refractivity contribution in [2.45, 2.75) is 17.4 Å². The Balaban J connectivity index is 2.38. The van der Waals surface area contributed by atoms with Crippen molar-refractivity contribution in [2.24, 2.45) is 0 Å². The van der Waals surface area contributed by atoms with Gasteiger partial charge >= 0.3 is 0 Å². The van der Waals surface area contributed by atoms with Gasteiger partial charge in [0.25, 0.3) is 0 Å². The molecule has 0 spiro atoms. The van der Waals surface area contributed by atoms with Crippen LogP contribution in [0.25, 0.3) is 0 Å². The lowest BCUT2D eigenvalue weighted by atomic mass is 10.3. The van der Waals surface area contributed by atoms with Crippen LogP contribution in [-0.4, -0.2) is 37.0 Å². The summed E-state index contributed by atoms with van der Waals surface area (Å²) in [5, 5.41) is 9.91. The van der Waals surface area contributed by atoms with Crippen LogP contribution in [0, 0.1) is 0 Å². The van der Waals surface area contributed by atoms with Gasteiger partial charge < -0.3 is 5.11 Å². The maximum absolute atomic E-state index is 12.2. The Kier molecular flexibility index (Phi) is 3.66. The van der Waals surface area contributed by atoms with Crippen molar-refractivity contribution in [1.29, 1.82) is 0 Å². The van der Waals surface area contributed by atoms with E-state index in [2.05, 4.69) is 0 Å². The van der Waals surface area contributed by atoms with Gasteiger partial charge in [-0.2, -0.15) is 4.31 Å². The Labute approximate surface area is 110 Å². The second-order valence-electron chi connectivity index (χ2n) is 3.91. The Morgan fingerprint density at radius 1 is 1.24 bits per heavy atom. The molecule has 0 aromatic heterocycles. The van der Waals surface area contributed by atoms with Crippen LogP contribution >= 0.6 is 23.2 Å². The minimum Gasteiger partial charge on any atom is -0.392 e. The lowest BCUT2D eigenvalue weighted by Crippen LogP contribution is -2.29. The van der Waals surface area contributed by atoms with E-state index in [1.807, 2.05) is 0 Å². The third kappa shape index (κ3) is 2.74. The van der Waals surface area contributed by atoms with E-state index in [4.69, 9.17) is 23.2 Å².